The van der Waals surface area contributed by atoms with E-state index in [-0.39, 0.29) is 12.2 Å². The van der Waals surface area contributed by atoms with Crippen LogP contribution in [-0.2, 0) is 16.1 Å². The second kappa shape index (κ2) is 15.8. The first kappa shape index (κ1) is 33.1. The number of methoxy groups -OCH3 is 1. The number of aliphatic hydroxyl groups excluding tert-OH is 1. The SMILES string of the molecule is CCOc1cc([C@H]2NC(=O)NC(C)=C2C(=O)OC)ccc1OC[C@H](O)N/N=C\c1cc(Br)ccc1OCc1ccc(I)cc1. The van der Waals surface area contributed by atoms with Crippen LogP contribution in [0.4, 0.5) is 4.79 Å². The summed E-state index contributed by atoms with van der Waals surface area (Å²) in [5, 5.41) is 20.0. The number of carbonyl (C=O) groups excluding carboxylic acids is 2. The molecular weight excluding hydrogens is 747 g/mol. The predicted molar refractivity (Wildman–Crippen MR) is 177 cm³/mol. The van der Waals surface area contributed by atoms with Crippen molar-refractivity contribution in [3.8, 4) is 17.2 Å². The number of allylic oxidation sites excluding steroid dienone is 1. The summed E-state index contributed by atoms with van der Waals surface area (Å²) in [6, 6.07) is 17.5. The van der Waals surface area contributed by atoms with Gasteiger partial charge in [0.2, 0.25) is 0 Å². The monoisotopic (exact) mass is 778 g/mol. The molecule has 0 unspecified atom stereocenters. The van der Waals surface area contributed by atoms with Crippen molar-refractivity contribution in [3.63, 3.8) is 0 Å². The molecule has 0 saturated heterocycles. The van der Waals surface area contributed by atoms with E-state index in [1.54, 1.807) is 31.3 Å². The van der Waals surface area contributed by atoms with E-state index in [0.29, 0.717) is 47.3 Å². The Labute approximate surface area is 277 Å². The van der Waals surface area contributed by atoms with Gasteiger partial charge in [0.15, 0.2) is 17.7 Å². The molecule has 3 aromatic rings. The maximum atomic E-state index is 12.5. The minimum Gasteiger partial charge on any atom is -0.490 e. The van der Waals surface area contributed by atoms with Crippen LogP contribution in [0.5, 0.6) is 17.2 Å². The summed E-state index contributed by atoms with van der Waals surface area (Å²) in [5.74, 6) is 0.800. The molecule has 1 aliphatic rings. The molecule has 4 rings (SSSR count). The quantitative estimate of drug-likeness (QED) is 0.0615. The van der Waals surface area contributed by atoms with Gasteiger partial charge in [-0.05, 0) is 90.0 Å². The van der Waals surface area contributed by atoms with Crippen LogP contribution in [-0.4, -0.2) is 49.9 Å². The van der Waals surface area contributed by atoms with Crippen LogP contribution in [0.25, 0.3) is 0 Å². The maximum absolute atomic E-state index is 12.5. The molecule has 3 aromatic carbocycles. The van der Waals surface area contributed by atoms with Crippen molar-refractivity contribution in [2.24, 2.45) is 5.10 Å². The molecule has 2 atom stereocenters. The molecule has 0 fully saturated rings. The summed E-state index contributed by atoms with van der Waals surface area (Å²) in [6.45, 7) is 4.03. The Kier molecular flexibility index (Phi) is 11.9. The highest BCUT2D eigenvalue weighted by Gasteiger charge is 2.32. The molecule has 0 aliphatic carbocycles. The Bertz CT molecular complexity index is 1550. The van der Waals surface area contributed by atoms with E-state index in [1.807, 2.05) is 49.4 Å². The maximum Gasteiger partial charge on any atom is 0.337 e. The van der Waals surface area contributed by atoms with Gasteiger partial charge >= 0.3 is 12.0 Å². The lowest BCUT2D eigenvalue weighted by Crippen LogP contribution is -2.45. The molecular formula is C31H32BrIN4O7. The number of hydrogen-bond acceptors (Lipinski definition) is 9. The first-order valence-electron chi connectivity index (χ1n) is 13.6. The van der Waals surface area contributed by atoms with Crippen LogP contribution in [0.15, 0.2) is 81.5 Å². The Morgan fingerprint density at radius 1 is 1.09 bits per heavy atom. The fraction of sp³-hybridized carbons (Fsp3) is 0.258. The number of nitrogens with zero attached hydrogens (tertiary/aromatic N) is 1. The Hall–Kier alpha value is -3.82. The highest BCUT2D eigenvalue weighted by Crippen LogP contribution is 2.35. The molecule has 2 amide bonds. The van der Waals surface area contributed by atoms with E-state index in [4.69, 9.17) is 18.9 Å². The van der Waals surface area contributed by atoms with Gasteiger partial charge in [-0.1, -0.05) is 34.1 Å². The minimum absolute atomic E-state index is 0.151. The van der Waals surface area contributed by atoms with Crippen LogP contribution in [0.3, 0.4) is 0 Å². The zero-order chi connectivity index (χ0) is 31.6. The Morgan fingerprint density at radius 3 is 2.57 bits per heavy atom. The summed E-state index contributed by atoms with van der Waals surface area (Å²) in [4.78, 5) is 24.6. The molecule has 1 aliphatic heterocycles. The van der Waals surface area contributed by atoms with E-state index in [2.05, 4.69) is 59.7 Å². The zero-order valence-corrected chi connectivity index (χ0v) is 28.0. The Balaban J connectivity index is 1.40. The molecule has 0 aromatic heterocycles. The standard InChI is InChI=1S/C31H32BrIN4O7/c1-4-42-26-14-20(29-28(30(39)41-3)18(2)35-31(40)36-29)7-11-25(26)44-17-27(38)37-34-15-21-13-22(32)8-12-24(21)43-16-19-5-9-23(33)10-6-19/h5-15,27,29,37-38H,4,16-17H2,1-3H3,(H2,35,36,40)/b34-15-/t27-,29+/m0/s1. The number of ether oxygens (including phenoxy) is 4. The molecule has 0 spiro atoms. The first-order valence-corrected chi connectivity index (χ1v) is 15.4. The summed E-state index contributed by atoms with van der Waals surface area (Å²) in [6.07, 6.45) is 0.406. The summed E-state index contributed by atoms with van der Waals surface area (Å²) >= 11 is 5.73. The molecule has 1 heterocycles. The van der Waals surface area contributed by atoms with E-state index >= 15 is 0 Å². The average Bonchev–Trinajstić information content (AvgIpc) is 3.00. The lowest BCUT2D eigenvalue weighted by Gasteiger charge is -2.28. The number of esters is 1. The summed E-state index contributed by atoms with van der Waals surface area (Å²) in [5.41, 5.74) is 5.66. The van der Waals surface area contributed by atoms with Crippen molar-refractivity contribution in [2.75, 3.05) is 20.3 Å². The minimum atomic E-state index is -1.15. The molecule has 0 radical (unpaired) electrons. The fourth-order valence-corrected chi connectivity index (χ4v) is 5.05. The summed E-state index contributed by atoms with van der Waals surface area (Å²) < 4.78 is 24.5. The van der Waals surface area contributed by atoms with Crippen LogP contribution in [0, 0.1) is 3.57 Å². The third-order valence-electron chi connectivity index (χ3n) is 6.38. The van der Waals surface area contributed by atoms with Crippen LogP contribution in [0.1, 0.15) is 36.6 Å². The Morgan fingerprint density at radius 2 is 1.84 bits per heavy atom. The topological polar surface area (TPSA) is 140 Å². The second-order valence-corrected chi connectivity index (χ2v) is 11.7. The van der Waals surface area contributed by atoms with Gasteiger partial charge in [0.25, 0.3) is 0 Å². The van der Waals surface area contributed by atoms with Gasteiger partial charge in [-0.3, -0.25) is 5.43 Å². The van der Waals surface area contributed by atoms with Crippen molar-refractivity contribution in [1.82, 2.24) is 16.1 Å². The third-order valence-corrected chi connectivity index (χ3v) is 7.59. The van der Waals surface area contributed by atoms with Gasteiger partial charge in [-0.25, -0.2) is 9.59 Å². The van der Waals surface area contributed by atoms with Gasteiger partial charge in [0.1, 0.15) is 19.0 Å². The molecule has 0 saturated carbocycles. The molecule has 4 N–H and O–H groups in total. The van der Waals surface area contributed by atoms with Crippen LogP contribution >= 0.6 is 38.5 Å². The number of hydrazone groups is 1. The van der Waals surface area contributed by atoms with Gasteiger partial charge in [-0.2, -0.15) is 5.10 Å². The fourth-order valence-electron chi connectivity index (χ4n) is 4.31. The van der Waals surface area contributed by atoms with Crippen molar-refractivity contribution >= 4 is 56.7 Å². The van der Waals surface area contributed by atoms with Crippen LogP contribution < -0.4 is 30.3 Å². The summed E-state index contributed by atoms with van der Waals surface area (Å²) in [7, 11) is 1.28. The van der Waals surface area contributed by atoms with E-state index in [9.17, 15) is 14.7 Å². The number of hydrogen-bond donors (Lipinski definition) is 4. The van der Waals surface area contributed by atoms with Crippen molar-refractivity contribution in [1.29, 1.82) is 0 Å². The predicted octanol–water partition coefficient (Wildman–Crippen LogP) is 5.15. The first-order chi connectivity index (χ1) is 21.2. The largest absolute Gasteiger partial charge is 0.490 e. The smallest absolute Gasteiger partial charge is 0.337 e. The van der Waals surface area contributed by atoms with Crippen molar-refractivity contribution in [2.45, 2.75) is 32.7 Å². The number of amides is 2. The van der Waals surface area contributed by atoms with E-state index < -0.39 is 24.3 Å². The van der Waals surface area contributed by atoms with Crippen LogP contribution in [0.2, 0.25) is 0 Å². The number of carbonyl (C=O) groups is 2. The van der Waals surface area contributed by atoms with E-state index in [1.165, 1.54) is 7.11 Å². The highest BCUT2D eigenvalue weighted by molar-refractivity contribution is 14.1. The lowest BCUT2D eigenvalue weighted by atomic mass is 9.95. The molecule has 11 nitrogen and oxygen atoms in total. The molecule has 0 bridgehead atoms. The number of halogens is 2. The second-order valence-electron chi connectivity index (χ2n) is 9.51. The third kappa shape index (κ3) is 8.86. The van der Waals surface area contributed by atoms with Gasteiger partial charge in [0.05, 0.1) is 31.5 Å². The van der Waals surface area contributed by atoms with Gasteiger partial charge < -0.3 is 34.7 Å². The molecule has 13 heteroatoms. The van der Waals surface area contributed by atoms with Gasteiger partial charge in [-0.15, -0.1) is 0 Å². The van der Waals surface area contributed by atoms with Crippen molar-refractivity contribution < 1.29 is 33.6 Å². The van der Waals surface area contributed by atoms with Crippen molar-refractivity contribution in [3.05, 3.63) is 96.7 Å². The normalized spacial score (nSPS) is 15.3. The lowest BCUT2D eigenvalue weighted by molar-refractivity contribution is -0.136. The number of benzene rings is 3. The molecule has 232 valence electrons. The number of urea groups is 1. The number of rotatable bonds is 13. The molecule has 44 heavy (non-hydrogen) atoms. The van der Waals surface area contributed by atoms with E-state index in [0.717, 1.165) is 13.6 Å². The number of aliphatic hydroxyl groups is 1. The average molecular weight is 779 g/mol. The van der Waals surface area contributed by atoms with Gasteiger partial charge in [0, 0.05) is 19.3 Å². The highest BCUT2D eigenvalue weighted by atomic mass is 127. The number of nitrogens with one attached hydrogen (secondary N) is 3. The zero-order valence-electron chi connectivity index (χ0n) is 24.2.